The maximum atomic E-state index is 14.2. The predicted molar refractivity (Wildman–Crippen MR) is 173 cm³/mol. The van der Waals surface area contributed by atoms with E-state index in [4.69, 9.17) is 32.8 Å². The Hall–Kier alpha value is -3.91. The molecule has 21 heteroatoms. The molecule has 15 atom stereocenters. The Balaban J connectivity index is 1.43. The summed E-state index contributed by atoms with van der Waals surface area (Å²) in [5.41, 5.74) is -1.69. The molecule has 0 unspecified atom stereocenters. The molecule has 0 spiro atoms. The minimum atomic E-state index is -1.99. The van der Waals surface area contributed by atoms with E-state index in [0.717, 1.165) is 24.3 Å². The van der Waals surface area contributed by atoms with E-state index in [-0.39, 0.29) is 11.3 Å². The summed E-state index contributed by atoms with van der Waals surface area (Å²) < 4.78 is 39.7. The highest BCUT2D eigenvalue weighted by atomic mass is 16.8. The van der Waals surface area contributed by atoms with Gasteiger partial charge in [0, 0.05) is 17.7 Å². The van der Waals surface area contributed by atoms with Crippen LogP contribution in [0.25, 0.3) is 22.3 Å². The van der Waals surface area contributed by atoms with Crippen LogP contribution in [0.15, 0.2) is 39.5 Å². The number of aliphatic hydroxyl groups is 10. The van der Waals surface area contributed by atoms with Gasteiger partial charge in [-0.2, -0.15) is 0 Å². The number of phenols is 3. The molecule has 3 aromatic rings. The molecule has 0 aliphatic carbocycles. The number of phenolic OH excluding ortho intramolecular Hbond substituents is 3. The standard InChI is InChI=1S/C33H40O21/c1-9-19(39)23(43)26(46)31(48-9)54-30-25(45)21(41)17(8-35)52-33(30)53-29-22(42)18-14(38)5-11(49-32-27(47)24(44)20(40)16(7-34)51-32)6-15(18)50-28(29)10-2-3-12(36)13(37)4-10/h2-6,9,16-17,19-21,23-27,30-41,43-47H,7-8H2,1H3/t9-,16+,17+,19-,20+,21+,23-,24-,25-,26-,27+,30+,31-,32+,33-/m0/s1. The molecule has 0 radical (unpaired) electrons. The number of hydrogen-bond acceptors (Lipinski definition) is 21. The van der Waals surface area contributed by atoms with Gasteiger partial charge in [0.1, 0.15) is 83.5 Å². The average molecular weight is 773 g/mol. The lowest BCUT2D eigenvalue weighted by molar-refractivity contribution is -0.354. The molecule has 3 aliphatic rings. The van der Waals surface area contributed by atoms with Crippen molar-refractivity contribution >= 4 is 11.0 Å². The molecule has 298 valence electrons. The molecule has 13 N–H and O–H groups in total. The van der Waals surface area contributed by atoms with E-state index < -0.39 is 150 Å². The van der Waals surface area contributed by atoms with Crippen molar-refractivity contribution in [2.45, 2.75) is 99.0 Å². The van der Waals surface area contributed by atoms with Crippen LogP contribution in [0.2, 0.25) is 0 Å². The van der Waals surface area contributed by atoms with Crippen LogP contribution in [-0.2, 0) is 18.9 Å². The van der Waals surface area contributed by atoms with Gasteiger partial charge < -0.3 is 99.2 Å². The van der Waals surface area contributed by atoms with Gasteiger partial charge in [0.2, 0.25) is 23.8 Å². The van der Waals surface area contributed by atoms with Crippen LogP contribution in [0.4, 0.5) is 0 Å². The van der Waals surface area contributed by atoms with Gasteiger partial charge in [0.15, 0.2) is 29.7 Å². The second-order valence-corrected chi connectivity index (χ2v) is 13.0. The first-order valence-electron chi connectivity index (χ1n) is 16.5. The highest BCUT2D eigenvalue weighted by Crippen LogP contribution is 2.41. The van der Waals surface area contributed by atoms with Gasteiger partial charge >= 0.3 is 0 Å². The van der Waals surface area contributed by atoms with Gasteiger partial charge in [-0.1, -0.05) is 0 Å². The molecule has 21 nitrogen and oxygen atoms in total. The van der Waals surface area contributed by atoms with E-state index in [2.05, 4.69) is 0 Å². The van der Waals surface area contributed by atoms with Crippen molar-refractivity contribution in [1.29, 1.82) is 0 Å². The second-order valence-electron chi connectivity index (χ2n) is 13.0. The summed E-state index contributed by atoms with van der Waals surface area (Å²) in [6, 6.07) is 5.13. The van der Waals surface area contributed by atoms with Crippen LogP contribution in [-0.4, -0.2) is 172 Å². The summed E-state index contributed by atoms with van der Waals surface area (Å²) in [6.07, 6.45) is -25.8. The molecule has 2 aromatic carbocycles. The van der Waals surface area contributed by atoms with Gasteiger partial charge in [-0.05, 0) is 25.1 Å². The molecular weight excluding hydrogens is 732 g/mol. The number of aliphatic hydroxyl groups excluding tert-OH is 10. The lowest BCUT2D eigenvalue weighted by Crippen LogP contribution is -2.64. The first-order chi connectivity index (χ1) is 25.6. The minimum Gasteiger partial charge on any atom is -0.507 e. The van der Waals surface area contributed by atoms with Crippen LogP contribution in [0.3, 0.4) is 0 Å². The third kappa shape index (κ3) is 7.27. The molecule has 3 aliphatic heterocycles. The number of fused-ring (bicyclic) bond motifs is 1. The van der Waals surface area contributed by atoms with Gasteiger partial charge in [0.05, 0.1) is 19.3 Å². The Morgan fingerprint density at radius 2 is 1.24 bits per heavy atom. The molecule has 3 fully saturated rings. The topological polar surface area (TPSA) is 349 Å². The first kappa shape index (κ1) is 39.8. The Bertz CT molecular complexity index is 1850. The summed E-state index contributed by atoms with van der Waals surface area (Å²) in [6.45, 7) is -0.308. The molecule has 54 heavy (non-hydrogen) atoms. The van der Waals surface area contributed by atoms with Crippen LogP contribution in [0.1, 0.15) is 6.92 Å². The van der Waals surface area contributed by atoms with Gasteiger partial charge in [-0.3, -0.25) is 4.79 Å². The summed E-state index contributed by atoms with van der Waals surface area (Å²) in [5.74, 6) is -3.70. The summed E-state index contributed by atoms with van der Waals surface area (Å²) >= 11 is 0. The van der Waals surface area contributed by atoms with E-state index in [9.17, 15) is 71.2 Å². The van der Waals surface area contributed by atoms with Crippen molar-refractivity contribution in [3.8, 4) is 40.1 Å². The van der Waals surface area contributed by atoms with Crippen molar-refractivity contribution in [2.75, 3.05) is 13.2 Å². The average Bonchev–Trinajstić information content (AvgIpc) is 3.14. The summed E-state index contributed by atoms with van der Waals surface area (Å²) in [7, 11) is 0. The zero-order valence-electron chi connectivity index (χ0n) is 28.0. The lowest BCUT2D eigenvalue weighted by Gasteiger charge is -2.45. The monoisotopic (exact) mass is 772 g/mol. The lowest BCUT2D eigenvalue weighted by atomic mass is 9.97. The predicted octanol–water partition coefficient (Wildman–Crippen LogP) is -4.21. The van der Waals surface area contributed by atoms with Crippen molar-refractivity contribution in [3.63, 3.8) is 0 Å². The smallest absolute Gasteiger partial charge is 0.239 e. The van der Waals surface area contributed by atoms with E-state index in [0.29, 0.717) is 0 Å². The van der Waals surface area contributed by atoms with E-state index >= 15 is 0 Å². The Kier molecular flexibility index (Phi) is 11.5. The molecule has 0 amide bonds. The van der Waals surface area contributed by atoms with Gasteiger partial charge in [-0.15, -0.1) is 0 Å². The second kappa shape index (κ2) is 15.7. The van der Waals surface area contributed by atoms with Crippen LogP contribution in [0.5, 0.6) is 28.7 Å². The summed E-state index contributed by atoms with van der Waals surface area (Å²) in [4.78, 5) is 14.2. The highest BCUT2D eigenvalue weighted by molar-refractivity contribution is 5.88. The van der Waals surface area contributed by atoms with Gasteiger partial charge in [-0.25, -0.2) is 0 Å². The van der Waals surface area contributed by atoms with Crippen LogP contribution >= 0.6 is 0 Å². The van der Waals surface area contributed by atoms with Crippen molar-refractivity contribution in [3.05, 3.63) is 40.6 Å². The third-order valence-electron chi connectivity index (χ3n) is 9.40. The maximum absolute atomic E-state index is 14.2. The maximum Gasteiger partial charge on any atom is 0.239 e. The zero-order valence-corrected chi connectivity index (χ0v) is 28.0. The number of aromatic hydroxyl groups is 3. The van der Waals surface area contributed by atoms with E-state index in [1.807, 2.05) is 0 Å². The number of rotatable bonds is 9. The van der Waals surface area contributed by atoms with Crippen molar-refractivity contribution < 1.29 is 99.2 Å². The number of benzene rings is 2. The van der Waals surface area contributed by atoms with Crippen LogP contribution in [0, 0.1) is 0 Å². The largest absolute Gasteiger partial charge is 0.507 e. The fourth-order valence-corrected chi connectivity index (χ4v) is 6.28. The molecule has 6 rings (SSSR count). The molecule has 0 bridgehead atoms. The first-order valence-corrected chi connectivity index (χ1v) is 16.5. The Labute approximate surface area is 303 Å². The third-order valence-corrected chi connectivity index (χ3v) is 9.40. The number of hydrogen-bond donors (Lipinski definition) is 13. The van der Waals surface area contributed by atoms with E-state index in [1.54, 1.807) is 0 Å². The Morgan fingerprint density at radius 3 is 1.89 bits per heavy atom. The molecular formula is C33H40O21. The molecule has 0 saturated carbocycles. The molecule has 3 saturated heterocycles. The Morgan fingerprint density at radius 1 is 0.630 bits per heavy atom. The highest BCUT2D eigenvalue weighted by Gasteiger charge is 2.51. The van der Waals surface area contributed by atoms with E-state index in [1.165, 1.54) is 13.0 Å². The van der Waals surface area contributed by atoms with Crippen molar-refractivity contribution in [1.82, 2.24) is 0 Å². The zero-order chi connectivity index (χ0) is 39.3. The minimum absolute atomic E-state index is 0.136. The fraction of sp³-hybridized carbons (Fsp3) is 0.545. The normalized spacial score (nSPS) is 37.3. The number of ether oxygens (including phenoxy) is 6. The SMILES string of the molecule is C[C@@H]1O[C@@H](O[C@H]2[C@H](Oc3c(-c4ccc(O)c(O)c4)oc4cc(O[C@@H]5O[C@H](CO)[C@@H](O)[C@H](O)[C@H]5O)cc(O)c4c3=O)O[C@H](CO)[C@@H](O)[C@@H]2O)[C@@H](O)[C@@H](O)[C@H]1O. The van der Waals surface area contributed by atoms with Crippen LogP contribution < -0.4 is 14.9 Å². The van der Waals surface area contributed by atoms with Gasteiger partial charge in [0.25, 0.3) is 0 Å². The fourth-order valence-electron chi connectivity index (χ4n) is 6.28. The summed E-state index contributed by atoms with van der Waals surface area (Å²) in [5, 5.41) is 134. The molecule has 1 aromatic heterocycles. The van der Waals surface area contributed by atoms with Crippen molar-refractivity contribution in [2.24, 2.45) is 0 Å². The molecule has 4 heterocycles. The quantitative estimate of drug-likeness (QED) is 0.0917.